The average molecular weight is 258 g/mol. The van der Waals surface area contributed by atoms with E-state index in [1.807, 2.05) is 32.0 Å². The highest BCUT2D eigenvalue weighted by molar-refractivity contribution is 6.31. The van der Waals surface area contributed by atoms with E-state index >= 15 is 0 Å². The summed E-state index contributed by atoms with van der Waals surface area (Å²) in [5.41, 5.74) is 3.51. The van der Waals surface area contributed by atoms with Crippen molar-refractivity contribution >= 4 is 23.2 Å². The van der Waals surface area contributed by atoms with Gasteiger partial charge in [-0.05, 0) is 37.6 Å². The summed E-state index contributed by atoms with van der Waals surface area (Å²) < 4.78 is 0. The maximum Gasteiger partial charge on any atom is 0.227 e. The first kappa shape index (κ1) is 12.4. The molecule has 2 aromatic rings. The van der Waals surface area contributed by atoms with Crippen LogP contribution >= 0.6 is 11.6 Å². The maximum atomic E-state index is 5.88. The third kappa shape index (κ3) is 2.79. The van der Waals surface area contributed by atoms with Crippen LogP contribution in [0.3, 0.4) is 0 Å². The Kier molecular flexibility index (Phi) is 3.50. The average Bonchev–Trinajstić information content (AvgIpc) is 2.33. The Morgan fingerprint density at radius 3 is 2.72 bits per heavy atom. The Hall–Kier alpha value is -2.05. The first-order valence-electron chi connectivity index (χ1n) is 5.43. The minimum Gasteiger partial charge on any atom is -0.324 e. The summed E-state index contributed by atoms with van der Waals surface area (Å²) in [4.78, 5) is 8.36. The van der Waals surface area contributed by atoms with E-state index in [0.29, 0.717) is 11.0 Å². The van der Waals surface area contributed by atoms with Crippen LogP contribution in [0.5, 0.6) is 0 Å². The lowest BCUT2D eigenvalue weighted by molar-refractivity contribution is 1.10. The Labute approximate surface area is 111 Å². The van der Waals surface area contributed by atoms with E-state index in [9.17, 15) is 0 Å². The molecule has 0 radical (unpaired) electrons. The Balaban J connectivity index is 2.31. The lowest BCUT2D eigenvalue weighted by atomic mass is 10.1. The number of aromatic nitrogens is 2. The predicted molar refractivity (Wildman–Crippen MR) is 74.2 cm³/mol. The molecule has 0 amide bonds. The van der Waals surface area contributed by atoms with Gasteiger partial charge in [0, 0.05) is 11.3 Å². The van der Waals surface area contributed by atoms with Gasteiger partial charge in [-0.3, -0.25) is 0 Å². The van der Waals surface area contributed by atoms with Crippen LogP contribution in [0.2, 0.25) is 5.02 Å². The van der Waals surface area contributed by atoms with E-state index in [4.69, 9.17) is 18.0 Å². The molecule has 0 aliphatic heterocycles. The fraction of sp³-hybridized carbons (Fsp3) is 0.143. The molecule has 2 rings (SSSR count). The molecular weight excluding hydrogens is 246 g/mol. The third-order valence-corrected chi connectivity index (χ3v) is 2.79. The van der Waals surface area contributed by atoms with Crippen LogP contribution in [0, 0.1) is 26.2 Å². The van der Waals surface area contributed by atoms with Crippen molar-refractivity contribution in [2.24, 2.45) is 0 Å². The van der Waals surface area contributed by atoms with Crippen LogP contribution in [0.4, 0.5) is 11.6 Å². The van der Waals surface area contributed by atoms with Crippen LogP contribution in [0.15, 0.2) is 24.4 Å². The SMILES string of the molecule is C#Cc1cc(C)cc(Nc2ncc(Cl)c(C)n2)c1. The molecule has 0 fully saturated rings. The van der Waals surface area contributed by atoms with Crippen LogP contribution in [0.25, 0.3) is 0 Å². The lowest BCUT2D eigenvalue weighted by Gasteiger charge is -2.07. The summed E-state index contributed by atoms with van der Waals surface area (Å²) in [6.07, 6.45) is 6.97. The first-order valence-corrected chi connectivity index (χ1v) is 5.81. The van der Waals surface area contributed by atoms with Gasteiger partial charge in [0.25, 0.3) is 0 Å². The van der Waals surface area contributed by atoms with Crippen LogP contribution in [-0.2, 0) is 0 Å². The molecule has 18 heavy (non-hydrogen) atoms. The number of nitrogens with one attached hydrogen (secondary N) is 1. The Bertz CT molecular complexity index is 629. The van der Waals surface area contributed by atoms with E-state index in [0.717, 1.165) is 22.5 Å². The highest BCUT2D eigenvalue weighted by atomic mass is 35.5. The first-order chi connectivity index (χ1) is 8.58. The van der Waals surface area contributed by atoms with E-state index in [1.54, 1.807) is 6.20 Å². The van der Waals surface area contributed by atoms with Crippen LogP contribution in [0.1, 0.15) is 16.8 Å². The zero-order valence-electron chi connectivity index (χ0n) is 10.2. The second-order valence-electron chi connectivity index (χ2n) is 3.98. The summed E-state index contributed by atoms with van der Waals surface area (Å²) in [5, 5.41) is 3.66. The van der Waals surface area contributed by atoms with E-state index in [1.165, 1.54) is 0 Å². The van der Waals surface area contributed by atoms with Gasteiger partial charge in [-0.1, -0.05) is 17.5 Å². The minimum atomic E-state index is 0.505. The topological polar surface area (TPSA) is 37.8 Å². The molecule has 0 unspecified atom stereocenters. The number of halogens is 1. The number of hydrogen-bond donors (Lipinski definition) is 1. The third-order valence-electron chi connectivity index (χ3n) is 2.42. The van der Waals surface area contributed by atoms with Gasteiger partial charge in [-0.15, -0.1) is 6.42 Å². The number of anilines is 2. The molecule has 3 nitrogen and oxygen atoms in total. The van der Waals surface area contributed by atoms with Crippen molar-refractivity contribution in [1.29, 1.82) is 0 Å². The minimum absolute atomic E-state index is 0.505. The number of aryl methyl sites for hydroxylation is 2. The van der Waals surface area contributed by atoms with Crippen molar-refractivity contribution in [3.8, 4) is 12.3 Å². The number of benzene rings is 1. The van der Waals surface area contributed by atoms with Crippen molar-refractivity contribution < 1.29 is 0 Å². The number of rotatable bonds is 2. The zero-order valence-corrected chi connectivity index (χ0v) is 10.9. The second-order valence-corrected chi connectivity index (χ2v) is 4.39. The fourth-order valence-electron chi connectivity index (χ4n) is 1.58. The molecule has 1 heterocycles. The zero-order chi connectivity index (χ0) is 13.1. The quantitative estimate of drug-likeness (QED) is 0.837. The molecule has 0 saturated heterocycles. The summed E-state index contributed by atoms with van der Waals surface area (Å²) in [5.74, 6) is 3.12. The largest absolute Gasteiger partial charge is 0.324 e. The molecule has 1 aromatic heterocycles. The highest BCUT2D eigenvalue weighted by Gasteiger charge is 2.03. The van der Waals surface area contributed by atoms with Gasteiger partial charge in [0.15, 0.2) is 0 Å². The van der Waals surface area contributed by atoms with Gasteiger partial charge in [0.1, 0.15) is 0 Å². The van der Waals surface area contributed by atoms with Gasteiger partial charge in [-0.2, -0.15) is 0 Å². The second kappa shape index (κ2) is 5.07. The molecule has 1 N–H and O–H groups in total. The number of nitrogens with zero attached hydrogens (tertiary/aromatic N) is 2. The molecule has 0 aliphatic rings. The lowest BCUT2D eigenvalue weighted by Crippen LogP contribution is -1.99. The Morgan fingerprint density at radius 1 is 1.28 bits per heavy atom. The fourth-order valence-corrected chi connectivity index (χ4v) is 1.67. The van der Waals surface area contributed by atoms with E-state index in [2.05, 4.69) is 21.2 Å². The molecule has 4 heteroatoms. The van der Waals surface area contributed by atoms with Gasteiger partial charge >= 0.3 is 0 Å². The van der Waals surface area contributed by atoms with Gasteiger partial charge in [0.05, 0.1) is 16.9 Å². The molecule has 90 valence electrons. The van der Waals surface area contributed by atoms with E-state index in [-0.39, 0.29) is 0 Å². The molecule has 0 bridgehead atoms. The summed E-state index contributed by atoms with van der Waals surface area (Å²) in [6, 6.07) is 5.80. The monoisotopic (exact) mass is 257 g/mol. The molecule has 0 atom stereocenters. The molecule has 1 aromatic carbocycles. The van der Waals surface area contributed by atoms with Crippen molar-refractivity contribution in [3.63, 3.8) is 0 Å². The smallest absolute Gasteiger partial charge is 0.227 e. The highest BCUT2D eigenvalue weighted by Crippen LogP contribution is 2.19. The molecule has 0 aliphatic carbocycles. The number of hydrogen-bond acceptors (Lipinski definition) is 3. The summed E-state index contributed by atoms with van der Waals surface area (Å²) >= 11 is 5.88. The number of terminal acetylenes is 1. The van der Waals surface area contributed by atoms with Crippen molar-refractivity contribution in [1.82, 2.24) is 9.97 Å². The van der Waals surface area contributed by atoms with Crippen molar-refractivity contribution in [3.05, 3.63) is 46.2 Å². The predicted octanol–water partition coefficient (Wildman–Crippen LogP) is 3.47. The Morgan fingerprint density at radius 2 is 2.06 bits per heavy atom. The van der Waals surface area contributed by atoms with Crippen LogP contribution < -0.4 is 5.32 Å². The van der Waals surface area contributed by atoms with Gasteiger partial charge in [-0.25, -0.2) is 9.97 Å². The normalized spacial score (nSPS) is 9.89. The van der Waals surface area contributed by atoms with Gasteiger partial charge in [0.2, 0.25) is 5.95 Å². The molecule has 0 saturated carbocycles. The molecule has 0 spiro atoms. The van der Waals surface area contributed by atoms with E-state index < -0.39 is 0 Å². The standard InChI is InChI=1S/C14H12ClN3/c1-4-11-5-9(2)6-12(7-11)18-14-16-8-13(15)10(3)17-14/h1,5-8H,2-3H3,(H,16,17,18). The van der Waals surface area contributed by atoms with Crippen LogP contribution in [-0.4, -0.2) is 9.97 Å². The van der Waals surface area contributed by atoms with Crippen molar-refractivity contribution in [2.45, 2.75) is 13.8 Å². The molecular formula is C14H12ClN3. The van der Waals surface area contributed by atoms with Crippen molar-refractivity contribution in [2.75, 3.05) is 5.32 Å². The summed E-state index contributed by atoms with van der Waals surface area (Å²) in [6.45, 7) is 3.82. The summed E-state index contributed by atoms with van der Waals surface area (Å²) in [7, 11) is 0. The van der Waals surface area contributed by atoms with Gasteiger partial charge < -0.3 is 5.32 Å². The maximum absolute atomic E-state index is 5.88.